The summed E-state index contributed by atoms with van der Waals surface area (Å²) >= 11 is 0. The maximum Gasteiger partial charge on any atom is 0.119 e. The molecule has 0 spiro atoms. The van der Waals surface area contributed by atoms with Crippen LogP contribution in [0.2, 0.25) is 0 Å². The van der Waals surface area contributed by atoms with E-state index in [-0.39, 0.29) is 16.2 Å². The van der Waals surface area contributed by atoms with Crippen molar-refractivity contribution < 1.29 is 5.11 Å². The summed E-state index contributed by atoms with van der Waals surface area (Å²) in [7, 11) is 0. The first-order valence-electron chi connectivity index (χ1n) is 11.8. The van der Waals surface area contributed by atoms with Crippen LogP contribution >= 0.6 is 0 Å². The van der Waals surface area contributed by atoms with Crippen LogP contribution in [0, 0.1) is 0 Å². The average Bonchev–Trinajstić information content (AvgIpc) is 2.85. The molecular formula is C31H34N2O. The second-order valence-corrected chi connectivity index (χ2v) is 10.6. The Morgan fingerprint density at radius 1 is 0.559 bits per heavy atom. The Labute approximate surface area is 203 Å². The summed E-state index contributed by atoms with van der Waals surface area (Å²) in [5.41, 5.74) is 5.34. The fourth-order valence-electron chi connectivity index (χ4n) is 4.60. The predicted molar refractivity (Wildman–Crippen MR) is 139 cm³/mol. The molecule has 0 radical (unpaired) electrons. The smallest absolute Gasteiger partial charge is 0.119 e. The van der Waals surface area contributed by atoms with Crippen LogP contribution in [-0.4, -0.2) is 15.1 Å². The van der Waals surface area contributed by atoms with Crippen LogP contribution in [0.5, 0.6) is 5.75 Å². The van der Waals surface area contributed by atoms with Gasteiger partial charge in [0.1, 0.15) is 5.75 Å². The van der Waals surface area contributed by atoms with E-state index >= 15 is 0 Å². The number of nitrogens with zero attached hydrogens (tertiary/aromatic N) is 2. The zero-order valence-electron chi connectivity index (χ0n) is 21.0. The first-order chi connectivity index (χ1) is 16.0. The summed E-state index contributed by atoms with van der Waals surface area (Å²) in [6.45, 7) is 13.1. The average molecular weight is 451 g/mol. The molecule has 4 aromatic rings. The van der Waals surface area contributed by atoms with Gasteiger partial charge in [0.15, 0.2) is 0 Å². The second-order valence-electron chi connectivity index (χ2n) is 10.6. The van der Waals surface area contributed by atoms with Gasteiger partial charge in [0.25, 0.3) is 0 Å². The van der Waals surface area contributed by atoms with E-state index in [9.17, 15) is 5.11 Å². The topological polar surface area (TPSA) is 46.0 Å². The van der Waals surface area contributed by atoms with E-state index in [1.807, 2.05) is 36.5 Å². The van der Waals surface area contributed by atoms with Crippen molar-refractivity contribution >= 4 is 0 Å². The van der Waals surface area contributed by atoms with Crippen LogP contribution in [0.4, 0.5) is 0 Å². The number of benzene rings is 2. The van der Waals surface area contributed by atoms with Crippen molar-refractivity contribution in [2.45, 2.75) is 57.8 Å². The molecule has 2 aromatic heterocycles. The number of phenolic OH excluding ortho intramolecular Hbond substituents is 1. The lowest BCUT2D eigenvalue weighted by molar-refractivity contribution is 0.453. The highest BCUT2D eigenvalue weighted by Gasteiger charge is 2.32. The highest BCUT2D eigenvalue weighted by molar-refractivity contribution is 5.48. The van der Waals surface area contributed by atoms with E-state index in [1.165, 1.54) is 5.56 Å². The number of pyridine rings is 2. The Balaban J connectivity index is 1.74. The number of para-hydroxylation sites is 1. The molecule has 0 amide bonds. The summed E-state index contributed by atoms with van der Waals surface area (Å²) < 4.78 is 0. The largest absolute Gasteiger partial charge is 0.508 e. The van der Waals surface area contributed by atoms with Crippen molar-refractivity contribution in [1.29, 1.82) is 0 Å². The number of aromatic hydroxyl groups is 1. The second kappa shape index (κ2) is 8.72. The minimum Gasteiger partial charge on any atom is -0.508 e. The quantitative estimate of drug-likeness (QED) is 0.339. The van der Waals surface area contributed by atoms with Gasteiger partial charge in [0, 0.05) is 28.0 Å². The minimum atomic E-state index is -0.340. The highest BCUT2D eigenvalue weighted by atomic mass is 16.3. The fraction of sp³-hybridized carbons (Fsp3) is 0.290. The summed E-state index contributed by atoms with van der Waals surface area (Å²) in [6, 6.07) is 28.6. The molecule has 4 rings (SSSR count). The summed E-state index contributed by atoms with van der Waals surface area (Å²) in [6.07, 6.45) is 1.84. The van der Waals surface area contributed by atoms with Crippen LogP contribution in [0.1, 0.15) is 75.3 Å². The maximum atomic E-state index is 10.5. The first-order valence-corrected chi connectivity index (χ1v) is 11.8. The number of rotatable bonds is 6. The Bertz CT molecular complexity index is 1290. The van der Waals surface area contributed by atoms with Gasteiger partial charge in [0.2, 0.25) is 0 Å². The molecule has 0 aliphatic heterocycles. The fourth-order valence-corrected chi connectivity index (χ4v) is 4.60. The molecule has 0 aliphatic rings. The van der Waals surface area contributed by atoms with Gasteiger partial charge >= 0.3 is 0 Å². The lowest BCUT2D eigenvalue weighted by Crippen LogP contribution is -2.27. The van der Waals surface area contributed by atoms with Gasteiger partial charge in [-0.3, -0.25) is 9.97 Å². The van der Waals surface area contributed by atoms with Crippen molar-refractivity contribution in [1.82, 2.24) is 9.97 Å². The molecule has 2 heterocycles. The SMILES string of the molecule is CC(C)(c1cccc(C(C)(C)c2ccccc2O)c1)c1cccc(C(C)(C)c2ccccn2)n1. The van der Waals surface area contributed by atoms with Gasteiger partial charge in [-0.25, -0.2) is 0 Å². The normalized spacial score (nSPS) is 12.5. The summed E-state index contributed by atoms with van der Waals surface area (Å²) in [5.74, 6) is 0.322. The molecule has 0 unspecified atom stereocenters. The molecule has 174 valence electrons. The number of hydrogen-bond acceptors (Lipinski definition) is 3. The lowest BCUT2D eigenvalue weighted by Gasteiger charge is -2.31. The molecule has 1 N–H and O–H groups in total. The van der Waals surface area contributed by atoms with Gasteiger partial charge in [-0.05, 0) is 55.3 Å². The molecule has 34 heavy (non-hydrogen) atoms. The van der Waals surface area contributed by atoms with E-state index in [0.29, 0.717) is 5.75 Å². The standard InChI is InChI=1S/C31H34N2O/c1-29(2,24-15-7-8-16-25(24)34)22-13-11-14-23(21-22)30(3,4)27-18-12-19-28(33-27)31(5,6)26-17-9-10-20-32-26/h7-21,34H,1-6H3. The van der Waals surface area contributed by atoms with Crippen LogP contribution in [-0.2, 0) is 16.2 Å². The maximum absolute atomic E-state index is 10.5. The van der Waals surface area contributed by atoms with E-state index in [2.05, 4.69) is 95.1 Å². The lowest BCUT2D eigenvalue weighted by atomic mass is 9.74. The molecule has 3 nitrogen and oxygen atoms in total. The monoisotopic (exact) mass is 450 g/mol. The van der Waals surface area contributed by atoms with Crippen molar-refractivity contribution in [3.8, 4) is 5.75 Å². The Kier molecular flexibility index (Phi) is 6.07. The van der Waals surface area contributed by atoms with Crippen molar-refractivity contribution in [3.63, 3.8) is 0 Å². The molecule has 0 aliphatic carbocycles. The van der Waals surface area contributed by atoms with E-state index in [0.717, 1.165) is 28.2 Å². The molecule has 2 aromatic carbocycles. The van der Waals surface area contributed by atoms with Crippen LogP contribution < -0.4 is 0 Å². The molecule has 0 fully saturated rings. The van der Waals surface area contributed by atoms with Gasteiger partial charge < -0.3 is 5.11 Å². The Morgan fingerprint density at radius 2 is 1.12 bits per heavy atom. The number of hydrogen-bond donors (Lipinski definition) is 1. The van der Waals surface area contributed by atoms with Crippen molar-refractivity contribution in [2.75, 3.05) is 0 Å². The van der Waals surface area contributed by atoms with Crippen LogP contribution in [0.25, 0.3) is 0 Å². The highest BCUT2D eigenvalue weighted by Crippen LogP contribution is 2.39. The van der Waals surface area contributed by atoms with Gasteiger partial charge in [0.05, 0.1) is 17.1 Å². The molecule has 0 atom stereocenters. The van der Waals surface area contributed by atoms with Crippen LogP contribution in [0.3, 0.4) is 0 Å². The van der Waals surface area contributed by atoms with Gasteiger partial charge in [-0.1, -0.05) is 82.3 Å². The van der Waals surface area contributed by atoms with E-state index < -0.39 is 0 Å². The third kappa shape index (κ3) is 4.23. The zero-order chi connectivity index (χ0) is 24.6. The summed E-state index contributed by atoms with van der Waals surface area (Å²) in [5, 5.41) is 10.5. The number of aromatic nitrogens is 2. The molecule has 0 saturated heterocycles. The zero-order valence-corrected chi connectivity index (χ0v) is 21.0. The molecule has 0 bridgehead atoms. The van der Waals surface area contributed by atoms with Crippen molar-refractivity contribution in [3.05, 3.63) is 125 Å². The van der Waals surface area contributed by atoms with Crippen molar-refractivity contribution in [2.24, 2.45) is 0 Å². The molecular weight excluding hydrogens is 416 g/mol. The van der Waals surface area contributed by atoms with E-state index in [4.69, 9.17) is 4.98 Å². The third-order valence-corrected chi connectivity index (χ3v) is 7.22. The van der Waals surface area contributed by atoms with E-state index in [1.54, 1.807) is 6.07 Å². The predicted octanol–water partition coefficient (Wildman–Crippen LogP) is 7.16. The third-order valence-electron chi connectivity index (χ3n) is 7.22. The van der Waals surface area contributed by atoms with Crippen LogP contribution in [0.15, 0.2) is 91.1 Å². The Morgan fingerprint density at radius 3 is 1.76 bits per heavy atom. The first kappa shape index (κ1) is 23.7. The molecule has 3 heteroatoms. The van der Waals surface area contributed by atoms with Gasteiger partial charge in [-0.2, -0.15) is 0 Å². The minimum absolute atomic E-state index is 0.304. The van der Waals surface area contributed by atoms with Gasteiger partial charge in [-0.15, -0.1) is 0 Å². The molecule has 0 saturated carbocycles. The summed E-state index contributed by atoms with van der Waals surface area (Å²) in [4.78, 5) is 9.74. The Hall–Kier alpha value is -3.46. The number of phenols is 1.